The van der Waals surface area contributed by atoms with Gasteiger partial charge in [-0.05, 0) is 37.4 Å². The van der Waals surface area contributed by atoms with Crippen LogP contribution in [0.15, 0.2) is 34.3 Å². The average Bonchev–Trinajstić information content (AvgIpc) is 2.27. The third-order valence-electron chi connectivity index (χ3n) is 1.83. The second-order valence-electron chi connectivity index (χ2n) is 2.74. The molecule has 1 aromatic rings. The van der Waals surface area contributed by atoms with E-state index in [0.717, 1.165) is 4.90 Å². The molecular formula is C10H11NO2S. The van der Waals surface area contributed by atoms with Crippen molar-refractivity contribution in [2.24, 2.45) is 5.16 Å². The smallest absolute Gasteiger partial charge is 0.210 e. The first-order valence-electron chi connectivity index (χ1n) is 4.06. The van der Waals surface area contributed by atoms with Gasteiger partial charge in [0.05, 0.1) is 0 Å². The Hall–Kier alpha value is -1.29. The minimum absolute atomic E-state index is 0.0990. The molecule has 14 heavy (non-hydrogen) atoms. The normalized spacial score (nSPS) is 11.4. The molecule has 0 aromatic heterocycles. The van der Waals surface area contributed by atoms with E-state index in [1.807, 2.05) is 18.4 Å². The van der Waals surface area contributed by atoms with Crippen LogP contribution in [0.3, 0.4) is 0 Å². The minimum Gasteiger partial charge on any atom is -0.411 e. The van der Waals surface area contributed by atoms with Gasteiger partial charge >= 0.3 is 0 Å². The van der Waals surface area contributed by atoms with Gasteiger partial charge in [0.2, 0.25) is 5.78 Å². The van der Waals surface area contributed by atoms with Crippen molar-refractivity contribution in [1.29, 1.82) is 0 Å². The van der Waals surface area contributed by atoms with Crippen molar-refractivity contribution in [3.8, 4) is 0 Å². The lowest BCUT2D eigenvalue weighted by molar-refractivity contribution is 0.106. The number of carbonyl (C=O) groups is 1. The molecule has 1 aromatic carbocycles. The number of oxime groups is 1. The number of Topliss-reactive ketones (excluding diaryl/α,β-unsaturated/α-hetero) is 1. The van der Waals surface area contributed by atoms with Crippen molar-refractivity contribution < 1.29 is 10.0 Å². The molecule has 0 amide bonds. The highest BCUT2D eigenvalue weighted by molar-refractivity contribution is 7.98. The average molecular weight is 209 g/mol. The van der Waals surface area contributed by atoms with E-state index in [2.05, 4.69) is 5.16 Å². The summed E-state index contributed by atoms with van der Waals surface area (Å²) in [6, 6.07) is 7.18. The predicted molar refractivity (Wildman–Crippen MR) is 57.4 cm³/mol. The van der Waals surface area contributed by atoms with Crippen molar-refractivity contribution in [3.63, 3.8) is 0 Å². The molecule has 0 aliphatic carbocycles. The summed E-state index contributed by atoms with van der Waals surface area (Å²) in [5, 5.41) is 11.3. The SMILES string of the molecule is CSc1ccc(C(=O)/C(C)=N/O)cc1. The first-order chi connectivity index (χ1) is 6.69. The summed E-state index contributed by atoms with van der Waals surface area (Å²) in [7, 11) is 0. The lowest BCUT2D eigenvalue weighted by Crippen LogP contribution is -2.10. The Labute approximate surface area is 86.8 Å². The number of hydrogen-bond acceptors (Lipinski definition) is 4. The summed E-state index contributed by atoms with van der Waals surface area (Å²) in [6.45, 7) is 1.48. The molecule has 0 aliphatic heterocycles. The lowest BCUT2D eigenvalue weighted by atomic mass is 10.1. The maximum atomic E-state index is 11.5. The van der Waals surface area contributed by atoms with Crippen LogP contribution < -0.4 is 0 Å². The van der Waals surface area contributed by atoms with Crippen molar-refractivity contribution in [1.82, 2.24) is 0 Å². The number of rotatable bonds is 3. The van der Waals surface area contributed by atoms with Gasteiger partial charge < -0.3 is 5.21 Å². The van der Waals surface area contributed by atoms with Gasteiger partial charge in [0, 0.05) is 10.5 Å². The molecule has 1 rings (SSSR count). The molecule has 0 saturated carbocycles. The second kappa shape index (κ2) is 4.81. The Morgan fingerprint density at radius 1 is 1.36 bits per heavy atom. The van der Waals surface area contributed by atoms with Crippen LogP contribution in [0.1, 0.15) is 17.3 Å². The van der Waals surface area contributed by atoms with Gasteiger partial charge in [-0.3, -0.25) is 4.79 Å². The Balaban J connectivity index is 2.92. The summed E-state index contributed by atoms with van der Waals surface area (Å²) < 4.78 is 0. The van der Waals surface area contributed by atoms with Gasteiger partial charge in [-0.2, -0.15) is 0 Å². The fourth-order valence-corrected chi connectivity index (χ4v) is 1.40. The number of hydrogen-bond donors (Lipinski definition) is 1. The van der Waals surface area contributed by atoms with E-state index in [9.17, 15) is 4.79 Å². The molecule has 74 valence electrons. The fourth-order valence-electron chi connectivity index (χ4n) is 0.997. The van der Waals surface area contributed by atoms with E-state index in [0.29, 0.717) is 5.56 Å². The Morgan fingerprint density at radius 2 is 1.93 bits per heavy atom. The molecular weight excluding hydrogens is 198 g/mol. The zero-order chi connectivity index (χ0) is 10.6. The molecule has 0 fully saturated rings. The number of benzene rings is 1. The van der Waals surface area contributed by atoms with Crippen molar-refractivity contribution >= 4 is 23.3 Å². The van der Waals surface area contributed by atoms with Gasteiger partial charge in [0.1, 0.15) is 5.71 Å². The number of nitrogens with zero attached hydrogens (tertiary/aromatic N) is 1. The van der Waals surface area contributed by atoms with Crippen LogP contribution in [0, 0.1) is 0 Å². The number of carbonyl (C=O) groups excluding carboxylic acids is 1. The van der Waals surface area contributed by atoms with Crippen LogP contribution in [0.4, 0.5) is 0 Å². The quantitative estimate of drug-likeness (QED) is 0.273. The standard InChI is InChI=1S/C10H11NO2S/c1-7(11-13)10(12)8-3-5-9(14-2)6-4-8/h3-6,13H,1-2H3/b11-7+. The maximum absolute atomic E-state index is 11.5. The molecule has 0 spiro atoms. The topological polar surface area (TPSA) is 49.7 Å². The molecule has 0 bridgehead atoms. The highest BCUT2D eigenvalue weighted by atomic mass is 32.2. The molecule has 0 unspecified atom stereocenters. The van der Waals surface area contributed by atoms with Crippen LogP contribution in [-0.2, 0) is 0 Å². The molecule has 0 radical (unpaired) electrons. The van der Waals surface area contributed by atoms with Crippen LogP contribution in [0.2, 0.25) is 0 Å². The zero-order valence-electron chi connectivity index (χ0n) is 8.02. The number of ketones is 1. The Morgan fingerprint density at radius 3 is 2.36 bits per heavy atom. The van der Waals surface area contributed by atoms with Crippen molar-refractivity contribution in [2.75, 3.05) is 6.26 Å². The van der Waals surface area contributed by atoms with Gasteiger partial charge in [-0.1, -0.05) is 5.16 Å². The molecule has 0 saturated heterocycles. The summed E-state index contributed by atoms with van der Waals surface area (Å²) in [5.74, 6) is -0.250. The minimum atomic E-state index is -0.250. The maximum Gasteiger partial charge on any atom is 0.210 e. The molecule has 0 atom stereocenters. The molecule has 0 aliphatic rings. The summed E-state index contributed by atoms with van der Waals surface area (Å²) in [5.41, 5.74) is 0.639. The number of thioether (sulfide) groups is 1. The van der Waals surface area contributed by atoms with Gasteiger partial charge in [-0.15, -0.1) is 11.8 Å². The van der Waals surface area contributed by atoms with Crippen molar-refractivity contribution in [2.45, 2.75) is 11.8 Å². The molecule has 4 heteroatoms. The zero-order valence-corrected chi connectivity index (χ0v) is 8.84. The Bertz CT molecular complexity index is 357. The Kier molecular flexibility index (Phi) is 3.71. The van der Waals surface area contributed by atoms with Crippen LogP contribution in [-0.4, -0.2) is 23.0 Å². The van der Waals surface area contributed by atoms with Crippen LogP contribution >= 0.6 is 11.8 Å². The van der Waals surface area contributed by atoms with E-state index in [1.54, 1.807) is 23.9 Å². The summed E-state index contributed by atoms with van der Waals surface area (Å²) in [4.78, 5) is 12.6. The molecule has 0 heterocycles. The van der Waals surface area contributed by atoms with E-state index in [1.165, 1.54) is 6.92 Å². The summed E-state index contributed by atoms with van der Waals surface area (Å²) >= 11 is 1.61. The van der Waals surface area contributed by atoms with Crippen LogP contribution in [0.25, 0.3) is 0 Å². The largest absolute Gasteiger partial charge is 0.411 e. The van der Waals surface area contributed by atoms with Gasteiger partial charge in [-0.25, -0.2) is 0 Å². The first-order valence-corrected chi connectivity index (χ1v) is 5.29. The first kappa shape index (κ1) is 10.8. The summed E-state index contributed by atoms with van der Waals surface area (Å²) in [6.07, 6.45) is 1.97. The monoisotopic (exact) mass is 209 g/mol. The van der Waals surface area contributed by atoms with E-state index in [4.69, 9.17) is 5.21 Å². The predicted octanol–water partition coefficient (Wildman–Crippen LogP) is 2.44. The van der Waals surface area contributed by atoms with E-state index < -0.39 is 0 Å². The third kappa shape index (κ3) is 2.35. The van der Waals surface area contributed by atoms with E-state index >= 15 is 0 Å². The third-order valence-corrected chi connectivity index (χ3v) is 2.57. The molecule has 1 N–H and O–H groups in total. The lowest BCUT2D eigenvalue weighted by Gasteiger charge is -1.99. The van der Waals surface area contributed by atoms with E-state index in [-0.39, 0.29) is 11.5 Å². The second-order valence-corrected chi connectivity index (χ2v) is 3.62. The highest BCUT2D eigenvalue weighted by Crippen LogP contribution is 2.15. The highest BCUT2D eigenvalue weighted by Gasteiger charge is 2.09. The fraction of sp³-hybridized carbons (Fsp3) is 0.200. The van der Waals surface area contributed by atoms with Gasteiger partial charge in [0.25, 0.3) is 0 Å². The van der Waals surface area contributed by atoms with Crippen LogP contribution in [0.5, 0.6) is 0 Å². The van der Waals surface area contributed by atoms with Crippen molar-refractivity contribution in [3.05, 3.63) is 29.8 Å². The molecule has 3 nitrogen and oxygen atoms in total. The van der Waals surface area contributed by atoms with Gasteiger partial charge in [0.15, 0.2) is 0 Å².